The largest absolute Gasteiger partial charge is 0.328 e. The smallest absolute Gasteiger partial charge is 0.257 e. The fourth-order valence-corrected chi connectivity index (χ4v) is 3.05. The molecule has 1 aromatic heterocycles. The fourth-order valence-electron chi connectivity index (χ4n) is 3.05. The number of benzene rings is 2. The molecule has 0 unspecified atom stereocenters. The van der Waals surface area contributed by atoms with Gasteiger partial charge in [-0.1, -0.05) is 44.2 Å². The van der Waals surface area contributed by atoms with E-state index in [1.165, 1.54) is 6.20 Å². The van der Waals surface area contributed by atoms with Crippen LogP contribution < -0.4 is 10.9 Å². The summed E-state index contributed by atoms with van der Waals surface area (Å²) in [4.78, 5) is 29.6. The van der Waals surface area contributed by atoms with Gasteiger partial charge < -0.3 is 10.3 Å². The van der Waals surface area contributed by atoms with Crippen LogP contribution in [0.25, 0.3) is 10.8 Å². The number of pyridine rings is 1. The third-order valence-corrected chi connectivity index (χ3v) is 4.54. The van der Waals surface area contributed by atoms with Crippen molar-refractivity contribution in [3.05, 3.63) is 76.2 Å². The number of fused-ring (bicyclic) bond motifs is 1. The van der Waals surface area contributed by atoms with Crippen LogP contribution in [-0.4, -0.2) is 28.9 Å². The Balaban J connectivity index is 1.85. The third-order valence-electron chi connectivity index (χ3n) is 4.54. The minimum atomic E-state index is -0.238. The Labute approximate surface area is 152 Å². The Morgan fingerprint density at radius 3 is 2.50 bits per heavy atom. The summed E-state index contributed by atoms with van der Waals surface area (Å²) in [6, 6.07) is 15.0. The van der Waals surface area contributed by atoms with Crippen molar-refractivity contribution < 1.29 is 4.79 Å². The van der Waals surface area contributed by atoms with Crippen LogP contribution >= 0.6 is 0 Å². The number of aromatic nitrogens is 1. The van der Waals surface area contributed by atoms with E-state index >= 15 is 0 Å². The lowest BCUT2D eigenvalue weighted by Crippen LogP contribution is -2.22. The molecular formula is C21H23N3O2. The molecule has 5 nitrogen and oxygen atoms in total. The van der Waals surface area contributed by atoms with Crippen molar-refractivity contribution in [2.75, 3.05) is 18.4 Å². The van der Waals surface area contributed by atoms with E-state index in [4.69, 9.17) is 0 Å². The first kappa shape index (κ1) is 17.9. The van der Waals surface area contributed by atoms with Gasteiger partial charge in [-0.25, -0.2) is 0 Å². The summed E-state index contributed by atoms with van der Waals surface area (Å²) in [6.07, 6.45) is 1.47. The van der Waals surface area contributed by atoms with E-state index in [-0.39, 0.29) is 11.5 Å². The molecule has 0 saturated heterocycles. The molecule has 1 heterocycles. The van der Waals surface area contributed by atoms with E-state index in [0.717, 1.165) is 30.9 Å². The van der Waals surface area contributed by atoms with Crippen molar-refractivity contribution in [1.29, 1.82) is 0 Å². The molecule has 26 heavy (non-hydrogen) atoms. The van der Waals surface area contributed by atoms with Gasteiger partial charge in [-0.15, -0.1) is 0 Å². The van der Waals surface area contributed by atoms with E-state index in [0.29, 0.717) is 16.3 Å². The molecule has 0 spiro atoms. The zero-order valence-corrected chi connectivity index (χ0v) is 15.1. The highest BCUT2D eigenvalue weighted by molar-refractivity contribution is 6.12. The molecular weight excluding hydrogens is 326 g/mol. The number of carbonyl (C=O) groups is 1. The number of rotatable bonds is 6. The van der Waals surface area contributed by atoms with Crippen molar-refractivity contribution in [2.24, 2.45) is 0 Å². The highest BCUT2D eigenvalue weighted by Crippen LogP contribution is 2.18. The Bertz CT molecular complexity index is 974. The van der Waals surface area contributed by atoms with Crippen molar-refractivity contribution in [2.45, 2.75) is 20.4 Å². The molecule has 0 aliphatic heterocycles. The minimum absolute atomic E-state index is 0.196. The molecule has 0 atom stereocenters. The molecule has 5 heteroatoms. The van der Waals surface area contributed by atoms with E-state index in [9.17, 15) is 9.59 Å². The molecule has 0 saturated carbocycles. The SMILES string of the molecule is CCN(CC)Cc1cccc(NC(=O)c2c[nH]c(=O)c3ccccc23)c1. The lowest BCUT2D eigenvalue weighted by Gasteiger charge is -2.18. The quantitative estimate of drug-likeness (QED) is 0.714. The van der Waals surface area contributed by atoms with Gasteiger partial charge in [-0.2, -0.15) is 0 Å². The summed E-state index contributed by atoms with van der Waals surface area (Å²) in [5.41, 5.74) is 2.15. The number of amides is 1. The van der Waals surface area contributed by atoms with Gasteiger partial charge in [0.25, 0.3) is 11.5 Å². The average Bonchev–Trinajstić information content (AvgIpc) is 2.67. The molecule has 1 amide bonds. The van der Waals surface area contributed by atoms with Gasteiger partial charge in [0.1, 0.15) is 0 Å². The monoisotopic (exact) mass is 349 g/mol. The molecule has 3 aromatic rings. The minimum Gasteiger partial charge on any atom is -0.328 e. The van der Waals surface area contributed by atoms with Crippen molar-refractivity contribution >= 4 is 22.4 Å². The second kappa shape index (κ2) is 7.97. The van der Waals surface area contributed by atoms with E-state index in [1.807, 2.05) is 24.3 Å². The third kappa shape index (κ3) is 3.83. The van der Waals surface area contributed by atoms with Crippen molar-refractivity contribution in [3.8, 4) is 0 Å². The van der Waals surface area contributed by atoms with Gasteiger partial charge in [0.15, 0.2) is 0 Å². The van der Waals surface area contributed by atoms with Gasteiger partial charge in [0, 0.05) is 29.2 Å². The number of nitrogens with one attached hydrogen (secondary N) is 2. The lowest BCUT2D eigenvalue weighted by molar-refractivity contribution is 0.102. The van der Waals surface area contributed by atoms with Crippen LogP contribution in [0.4, 0.5) is 5.69 Å². The van der Waals surface area contributed by atoms with E-state index < -0.39 is 0 Å². The first-order valence-electron chi connectivity index (χ1n) is 8.85. The standard InChI is InChI=1S/C21H23N3O2/c1-3-24(4-2)14-15-8-7-9-16(12-15)23-21(26)19-13-22-20(25)18-11-6-5-10-17(18)19/h5-13H,3-4,14H2,1-2H3,(H,22,25)(H,23,26). The normalized spacial score (nSPS) is 11.0. The number of nitrogens with zero attached hydrogens (tertiary/aromatic N) is 1. The van der Waals surface area contributed by atoms with Crippen LogP contribution in [0.3, 0.4) is 0 Å². The van der Waals surface area contributed by atoms with Crippen LogP contribution in [-0.2, 0) is 6.54 Å². The molecule has 2 aromatic carbocycles. The molecule has 3 rings (SSSR count). The summed E-state index contributed by atoms with van der Waals surface area (Å²) < 4.78 is 0. The van der Waals surface area contributed by atoms with E-state index in [2.05, 4.69) is 35.1 Å². The second-order valence-corrected chi connectivity index (χ2v) is 6.19. The molecule has 0 fully saturated rings. The molecule has 0 aliphatic rings. The Hall–Kier alpha value is -2.92. The number of carbonyl (C=O) groups excluding carboxylic acids is 1. The number of H-pyrrole nitrogens is 1. The molecule has 0 aliphatic carbocycles. The van der Waals surface area contributed by atoms with Crippen LogP contribution in [0.15, 0.2) is 59.5 Å². The number of anilines is 1. The highest BCUT2D eigenvalue weighted by atomic mass is 16.1. The fraction of sp³-hybridized carbons (Fsp3) is 0.238. The predicted molar refractivity (Wildman–Crippen MR) is 106 cm³/mol. The van der Waals surface area contributed by atoms with Crippen LogP contribution in [0, 0.1) is 0 Å². The zero-order valence-electron chi connectivity index (χ0n) is 15.1. The first-order chi connectivity index (χ1) is 12.6. The van der Waals surface area contributed by atoms with Gasteiger partial charge in [0.05, 0.1) is 5.56 Å². The number of hydrogen-bond donors (Lipinski definition) is 2. The van der Waals surface area contributed by atoms with Crippen molar-refractivity contribution in [3.63, 3.8) is 0 Å². The summed E-state index contributed by atoms with van der Waals surface area (Å²) in [5.74, 6) is -0.238. The van der Waals surface area contributed by atoms with Gasteiger partial charge in [0.2, 0.25) is 0 Å². The maximum Gasteiger partial charge on any atom is 0.257 e. The van der Waals surface area contributed by atoms with Gasteiger partial charge in [-0.05, 0) is 36.9 Å². The first-order valence-corrected chi connectivity index (χ1v) is 8.85. The summed E-state index contributed by atoms with van der Waals surface area (Å²) >= 11 is 0. The lowest BCUT2D eigenvalue weighted by atomic mass is 10.1. The van der Waals surface area contributed by atoms with Gasteiger partial charge >= 0.3 is 0 Å². The maximum atomic E-state index is 12.7. The summed E-state index contributed by atoms with van der Waals surface area (Å²) in [6.45, 7) is 7.08. The Kier molecular flexibility index (Phi) is 5.49. The summed E-state index contributed by atoms with van der Waals surface area (Å²) in [5, 5.41) is 4.10. The van der Waals surface area contributed by atoms with Gasteiger partial charge in [-0.3, -0.25) is 14.5 Å². The van der Waals surface area contributed by atoms with Crippen LogP contribution in [0.1, 0.15) is 29.8 Å². The predicted octanol–water partition coefficient (Wildman–Crippen LogP) is 3.62. The number of aromatic amines is 1. The Morgan fingerprint density at radius 2 is 1.77 bits per heavy atom. The zero-order chi connectivity index (χ0) is 18.5. The molecule has 2 N–H and O–H groups in total. The van der Waals surface area contributed by atoms with Crippen LogP contribution in [0.5, 0.6) is 0 Å². The summed E-state index contributed by atoms with van der Waals surface area (Å²) in [7, 11) is 0. The highest BCUT2D eigenvalue weighted by Gasteiger charge is 2.12. The van der Waals surface area contributed by atoms with Crippen molar-refractivity contribution in [1.82, 2.24) is 9.88 Å². The molecule has 134 valence electrons. The topological polar surface area (TPSA) is 65.2 Å². The average molecular weight is 349 g/mol. The second-order valence-electron chi connectivity index (χ2n) is 6.19. The maximum absolute atomic E-state index is 12.7. The van der Waals surface area contributed by atoms with Crippen LogP contribution in [0.2, 0.25) is 0 Å². The molecule has 0 radical (unpaired) electrons. The number of hydrogen-bond acceptors (Lipinski definition) is 3. The molecule has 0 bridgehead atoms. The van der Waals surface area contributed by atoms with E-state index in [1.54, 1.807) is 18.2 Å². The Morgan fingerprint density at radius 1 is 1.04 bits per heavy atom.